The van der Waals surface area contributed by atoms with Gasteiger partial charge in [-0.2, -0.15) is 9.57 Å². The SMILES string of the molecule is COc1ccc(CN(Cc2ccc(OC)cc2)S(=O)(=O)CCCNc2cc3ccc(C#N)cc3cn2)cc1. The molecule has 0 saturated carbocycles. The van der Waals surface area contributed by atoms with E-state index in [1.165, 1.54) is 4.31 Å². The van der Waals surface area contributed by atoms with Crippen LogP contribution in [0.5, 0.6) is 11.5 Å². The van der Waals surface area contributed by atoms with Crippen molar-refractivity contribution in [3.63, 3.8) is 0 Å². The molecule has 0 saturated heterocycles. The minimum absolute atomic E-state index is 0.00851. The summed E-state index contributed by atoms with van der Waals surface area (Å²) in [6.07, 6.45) is 2.12. The van der Waals surface area contributed by atoms with E-state index in [-0.39, 0.29) is 18.8 Å². The molecule has 0 atom stereocenters. The third-order valence-electron chi connectivity index (χ3n) is 6.17. The molecular formula is C29H30N4O4S. The predicted molar refractivity (Wildman–Crippen MR) is 149 cm³/mol. The van der Waals surface area contributed by atoms with Gasteiger partial charge in [0.15, 0.2) is 0 Å². The van der Waals surface area contributed by atoms with Crippen molar-refractivity contribution in [3.8, 4) is 17.6 Å². The number of sulfonamides is 1. The van der Waals surface area contributed by atoms with E-state index < -0.39 is 10.0 Å². The molecule has 38 heavy (non-hydrogen) atoms. The number of benzene rings is 3. The maximum Gasteiger partial charge on any atom is 0.214 e. The summed E-state index contributed by atoms with van der Waals surface area (Å²) in [5.41, 5.74) is 2.33. The Balaban J connectivity index is 1.42. The molecule has 0 unspecified atom stereocenters. The molecule has 0 aliphatic heterocycles. The van der Waals surface area contributed by atoms with E-state index in [0.717, 1.165) is 33.4 Å². The number of fused-ring (bicyclic) bond motifs is 1. The number of nitriles is 1. The molecule has 1 aromatic heterocycles. The molecule has 196 valence electrons. The first kappa shape index (κ1) is 26.9. The van der Waals surface area contributed by atoms with Gasteiger partial charge in [-0.05, 0) is 65.4 Å². The number of nitrogens with zero attached hydrogens (tertiary/aromatic N) is 3. The fourth-order valence-corrected chi connectivity index (χ4v) is 5.49. The first-order chi connectivity index (χ1) is 18.4. The highest BCUT2D eigenvalue weighted by Crippen LogP contribution is 2.21. The fraction of sp³-hybridized carbons (Fsp3) is 0.241. The molecule has 1 heterocycles. The van der Waals surface area contributed by atoms with Gasteiger partial charge in [-0.3, -0.25) is 0 Å². The second-order valence-electron chi connectivity index (χ2n) is 8.80. The van der Waals surface area contributed by atoms with Crippen molar-refractivity contribution in [2.24, 2.45) is 0 Å². The van der Waals surface area contributed by atoms with E-state index in [1.54, 1.807) is 32.5 Å². The highest BCUT2D eigenvalue weighted by molar-refractivity contribution is 7.89. The van der Waals surface area contributed by atoms with Crippen molar-refractivity contribution < 1.29 is 17.9 Å². The zero-order valence-electron chi connectivity index (χ0n) is 21.4. The molecule has 1 N–H and O–H groups in total. The average molecular weight is 531 g/mol. The Morgan fingerprint density at radius 1 is 0.868 bits per heavy atom. The summed E-state index contributed by atoms with van der Waals surface area (Å²) >= 11 is 0. The highest BCUT2D eigenvalue weighted by atomic mass is 32.2. The highest BCUT2D eigenvalue weighted by Gasteiger charge is 2.22. The van der Waals surface area contributed by atoms with Crippen LogP contribution in [0.2, 0.25) is 0 Å². The number of ether oxygens (including phenoxy) is 2. The minimum atomic E-state index is -3.57. The summed E-state index contributed by atoms with van der Waals surface area (Å²) in [5.74, 6) is 2.09. The van der Waals surface area contributed by atoms with Gasteiger partial charge in [0.25, 0.3) is 0 Å². The van der Waals surface area contributed by atoms with Gasteiger partial charge < -0.3 is 14.8 Å². The molecule has 0 fully saturated rings. The van der Waals surface area contributed by atoms with E-state index in [2.05, 4.69) is 16.4 Å². The number of anilines is 1. The van der Waals surface area contributed by atoms with Crippen LogP contribution >= 0.6 is 0 Å². The Hall–Kier alpha value is -4.13. The summed E-state index contributed by atoms with van der Waals surface area (Å²) in [6, 6.07) is 24.3. The molecular weight excluding hydrogens is 500 g/mol. The molecule has 0 amide bonds. The van der Waals surface area contributed by atoms with Gasteiger partial charge in [-0.25, -0.2) is 13.4 Å². The van der Waals surface area contributed by atoms with Gasteiger partial charge in [0.2, 0.25) is 10.0 Å². The Kier molecular flexibility index (Phi) is 8.79. The molecule has 0 aliphatic rings. The van der Waals surface area contributed by atoms with Crippen molar-refractivity contribution in [2.75, 3.05) is 31.8 Å². The van der Waals surface area contributed by atoms with Crippen LogP contribution in [0.3, 0.4) is 0 Å². The maximum atomic E-state index is 13.4. The van der Waals surface area contributed by atoms with Crippen LogP contribution in [0, 0.1) is 11.3 Å². The zero-order chi connectivity index (χ0) is 27.0. The van der Waals surface area contributed by atoms with Crippen LogP contribution in [-0.2, 0) is 23.1 Å². The van der Waals surface area contributed by atoms with Crippen molar-refractivity contribution in [3.05, 3.63) is 95.7 Å². The first-order valence-corrected chi connectivity index (χ1v) is 13.8. The molecule has 0 radical (unpaired) electrons. The molecule has 0 aliphatic carbocycles. The van der Waals surface area contributed by atoms with Crippen LogP contribution in [0.4, 0.5) is 5.82 Å². The molecule has 0 bridgehead atoms. The molecule has 0 spiro atoms. The number of nitrogens with one attached hydrogen (secondary N) is 1. The van der Waals surface area contributed by atoms with Crippen LogP contribution in [0.15, 0.2) is 79.0 Å². The number of hydrogen-bond acceptors (Lipinski definition) is 7. The Morgan fingerprint density at radius 2 is 1.47 bits per heavy atom. The van der Waals surface area contributed by atoms with Crippen molar-refractivity contribution in [1.82, 2.24) is 9.29 Å². The second kappa shape index (κ2) is 12.4. The van der Waals surface area contributed by atoms with E-state index in [0.29, 0.717) is 24.3 Å². The smallest absolute Gasteiger partial charge is 0.214 e. The molecule has 3 aromatic carbocycles. The summed E-state index contributed by atoms with van der Waals surface area (Å²) in [7, 11) is -0.370. The predicted octanol–water partition coefficient (Wildman–Crippen LogP) is 4.96. The molecule has 4 rings (SSSR count). The topological polar surface area (TPSA) is 105 Å². The quantitative estimate of drug-likeness (QED) is 0.258. The molecule has 9 heteroatoms. The molecule has 8 nitrogen and oxygen atoms in total. The monoisotopic (exact) mass is 530 g/mol. The standard InChI is InChI=1S/C29H30N4O4S/c1-36-27-10-5-22(6-11-27)20-33(21-23-7-12-28(37-2)13-8-23)38(34,35)15-3-14-31-29-17-25-9-4-24(18-30)16-26(25)19-32-29/h4-13,16-17,19H,3,14-15,20-21H2,1-2H3,(H,31,32). The fourth-order valence-electron chi connectivity index (χ4n) is 4.03. The Morgan fingerprint density at radius 3 is 2.03 bits per heavy atom. The first-order valence-electron chi connectivity index (χ1n) is 12.2. The van der Waals surface area contributed by atoms with Crippen LogP contribution in [0.1, 0.15) is 23.1 Å². The lowest BCUT2D eigenvalue weighted by atomic mass is 10.1. The van der Waals surface area contributed by atoms with Crippen molar-refractivity contribution in [2.45, 2.75) is 19.5 Å². The van der Waals surface area contributed by atoms with E-state index in [4.69, 9.17) is 14.7 Å². The lowest BCUT2D eigenvalue weighted by molar-refractivity contribution is 0.397. The number of methoxy groups -OCH3 is 2. The Bertz CT molecular complexity index is 1470. The van der Waals surface area contributed by atoms with Gasteiger partial charge >= 0.3 is 0 Å². The lowest BCUT2D eigenvalue weighted by Gasteiger charge is -2.23. The van der Waals surface area contributed by atoms with E-state index in [9.17, 15) is 8.42 Å². The van der Waals surface area contributed by atoms with Gasteiger partial charge in [0.1, 0.15) is 17.3 Å². The van der Waals surface area contributed by atoms with Crippen molar-refractivity contribution >= 4 is 26.6 Å². The summed E-state index contributed by atoms with van der Waals surface area (Å²) in [6.45, 7) is 0.957. The summed E-state index contributed by atoms with van der Waals surface area (Å²) < 4.78 is 38.8. The van der Waals surface area contributed by atoms with Crippen LogP contribution in [0.25, 0.3) is 10.8 Å². The normalized spacial score (nSPS) is 11.3. The Labute approximate surface area is 223 Å². The van der Waals surface area contributed by atoms with Gasteiger partial charge in [-0.15, -0.1) is 0 Å². The van der Waals surface area contributed by atoms with E-state index >= 15 is 0 Å². The lowest BCUT2D eigenvalue weighted by Crippen LogP contribution is -2.32. The number of aromatic nitrogens is 1. The molecule has 4 aromatic rings. The van der Waals surface area contributed by atoms with Crippen molar-refractivity contribution in [1.29, 1.82) is 5.26 Å². The number of pyridine rings is 1. The third kappa shape index (κ3) is 7.00. The summed E-state index contributed by atoms with van der Waals surface area (Å²) in [5, 5.41) is 14.1. The zero-order valence-corrected chi connectivity index (χ0v) is 22.2. The van der Waals surface area contributed by atoms with E-state index in [1.807, 2.05) is 60.7 Å². The van der Waals surface area contributed by atoms with Gasteiger partial charge in [-0.1, -0.05) is 30.3 Å². The largest absolute Gasteiger partial charge is 0.497 e. The number of hydrogen-bond donors (Lipinski definition) is 1. The summed E-state index contributed by atoms with van der Waals surface area (Å²) in [4.78, 5) is 4.39. The van der Waals surface area contributed by atoms with Crippen LogP contribution in [-0.4, -0.2) is 44.2 Å². The minimum Gasteiger partial charge on any atom is -0.497 e. The number of rotatable bonds is 12. The maximum absolute atomic E-state index is 13.4. The van der Waals surface area contributed by atoms with Gasteiger partial charge in [0, 0.05) is 31.2 Å². The second-order valence-corrected chi connectivity index (χ2v) is 10.9. The van der Waals surface area contributed by atoms with Gasteiger partial charge in [0.05, 0.1) is 31.6 Å². The van der Waals surface area contributed by atoms with Crippen LogP contribution < -0.4 is 14.8 Å². The average Bonchev–Trinajstić information content (AvgIpc) is 2.95. The third-order valence-corrected chi connectivity index (χ3v) is 8.01.